The number of hydrogen-bond acceptors (Lipinski definition) is 5. The number of nitrogens with one attached hydrogen (secondary N) is 1. The molecule has 1 amide bonds. The molecular weight excluding hydrogens is 338 g/mol. The van der Waals surface area contributed by atoms with Crippen LogP contribution in [0.3, 0.4) is 0 Å². The van der Waals surface area contributed by atoms with E-state index in [9.17, 15) is 4.79 Å². The van der Waals surface area contributed by atoms with E-state index >= 15 is 0 Å². The van der Waals surface area contributed by atoms with E-state index in [1.807, 2.05) is 12.1 Å². The van der Waals surface area contributed by atoms with Crippen molar-refractivity contribution in [3.05, 3.63) is 59.7 Å². The van der Waals surface area contributed by atoms with E-state index in [4.69, 9.17) is 0 Å². The van der Waals surface area contributed by atoms with Gasteiger partial charge in [-0.25, -0.2) is 9.97 Å². The summed E-state index contributed by atoms with van der Waals surface area (Å²) in [5, 5.41) is 3.24. The van der Waals surface area contributed by atoms with Crippen molar-refractivity contribution in [2.45, 2.75) is 38.5 Å². The summed E-state index contributed by atoms with van der Waals surface area (Å²) in [5.41, 5.74) is 3.19. The molecule has 142 valence electrons. The minimum atomic E-state index is -0.0667. The van der Waals surface area contributed by atoms with Gasteiger partial charge in [0.1, 0.15) is 0 Å². The molecule has 1 aliphatic carbocycles. The zero-order valence-electron chi connectivity index (χ0n) is 15.9. The Bertz CT molecular complexity index is 758. The highest BCUT2D eigenvalue weighted by atomic mass is 16.2. The average Bonchev–Trinajstić information content (AvgIpc) is 2.73. The first kappa shape index (κ1) is 19.0. The topological polar surface area (TPSA) is 71.0 Å². The number of carbonyl (C=O) groups excluding carboxylic acids is 1. The molecule has 27 heavy (non-hydrogen) atoms. The van der Waals surface area contributed by atoms with Crippen LogP contribution < -0.4 is 5.32 Å². The summed E-state index contributed by atoms with van der Waals surface area (Å²) in [4.78, 5) is 26.8. The zero-order valence-corrected chi connectivity index (χ0v) is 15.9. The third-order valence-electron chi connectivity index (χ3n) is 4.84. The van der Waals surface area contributed by atoms with Crippen LogP contribution in [-0.4, -0.2) is 45.9 Å². The van der Waals surface area contributed by atoms with Gasteiger partial charge >= 0.3 is 0 Å². The minimum absolute atomic E-state index is 0.0667. The van der Waals surface area contributed by atoms with E-state index in [1.165, 1.54) is 31.3 Å². The lowest BCUT2D eigenvalue weighted by molar-refractivity contribution is 0.0796. The minimum Gasteiger partial charge on any atom is -0.354 e. The maximum atomic E-state index is 12.5. The molecule has 3 rings (SSSR count). The second-order valence-electron chi connectivity index (χ2n) is 6.91. The fraction of sp³-hybridized carbons (Fsp3) is 0.429. The van der Waals surface area contributed by atoms with Gasteiger partial charge in [-0.15, -0.1) is 0 Å². The first-order chi connectivity index (χ1) is 13.2. The molecule has 1 N–H and O–H groups in total. The van der Waals surface area contributed by atoms with Crippen molar-refractivity contribution in [1.29, 1.82) is 0 Å². The highest BCUT2D eigenvalue weighted by Crippen LogP contribution is 2.19. The molecule has 0 bridgehead atoms. The molecule has 0 fully saturated rings. The molecule has 0 saturated heterocycles. The van der Waals surface area contributed by atoms with E-state index < -0.39 is 0 Å². The number of amides is 1. The zero-order chi connectivity index (χ0) is 18.9. The van der Waals surface area contributed by atoms with E-state index in [1.54, 1.807) is 36.7 Å². The van der Waals surface area contributed by atoms with Crippen LogP contribution in [0.5, 0.6) is 0 Å². The summed E-state index contributed by atoms with van der Waals surface area (Å²) in [6.45, 7) is 1.46. The van der Waals surface area contributed by atoms with Crippen molar-refractivity contribution >= 4 is 11.9 Å². The molecule has 0 atom stereocenters. The molecule has 2 aromatic heterocycles. The highest BCUT2D eigenvalue weighted by molar-refractivity contribution is 5.93. The van der Waals surface area contributed by atoms with E-state index in [-0.39, 0.29) is 5.91 Å². The molecule has 0 radical (unpaired) electrons. The molecule has 0 unspecified atom stereocenters. The average molecular weight is 365 g/mol. The van der Waals surface area contributed by atoms with Crippen molar-refractivity contribution in [3.63, 3.8) is 0 Å². The Kier molecular flexibility index (Phi) is 6.90. The van der Waals surface area contributed by atoms with Crippen molar-refractivity contribution in [3.8, 4) is 0 Å². The Morgan fingerprint density at radius 1 is 1.15 bits per heavy atom. The largest absolute Gasteiger partial charge is 0.354 e. The van der Waals surface area contributed by atoms with Crippen LogP contribution in [0.25, 0.3) is 0 Å². The monoisotopic (exact) mass is 365 g/mol. The van der Waals surface area contributed by atoms with E-state index in [0.717, 1.165) is 24.9 Å². The van der Waals surface area contributed by atoms with Crippen LogP contribution >= 0.6 is 0 Å². The predicted octanol–water partition coefficient (Wildman–Crippen LogP) is 3.49. The fourth-order valence-electron chi connectivity index (χ4n) is 3.16. The number of rotatable bonds is 8. The smallest absolute Gasteiger partial charge is 0.256 e. The number of likely N-dealkylation sites (N-methyl/N-ethyl adjacent to an activating group) is 1. The quantitative estimate of drug-likeness (QED) is 0.725. The number of pyridine rings is 1. The SMILES string of the molecule is CN(CCc1ccncc1)C(=O)c1cnc(NCCC2=CCCCC2)nc1. The first-order valence-corrected chi connectivity index (χ1v) is 9.60. The normalized spacial score (nSPS) is 13.7. The lowest BCUT2D eigenvalue weighted by Gasteiger charge is -2.17. The molecule has 6 heteroatoms. The van der Waals surface area contributed by atoms with Gasteiger partial charge < -0.3 is 10.2 Å². The Morgan fingerprint density at radius 3 is 2.63 bits per heavy atom. The summed E-state index contributed by atoms with van der Waals surface area (Å²) >= 11 is 0. The third-order valence-corrected chi connectivity index (χ3v) is 4.84. The first-order valence-electron chi connectivity index (χ1n) is 9.60. The van der Waals surface area contributed by atoms with Crippen molar-refractivity contribution in [2.24, 2.45) is 0 Å². The predicted molar refractivity (Wildman–Crippen MR) is 107 cm³/mol. The van der Waals surface area contributed by atoms with Gasteiger partial charge in [-0.2, -0.15) is 0 Å². The summed E-state index contributed by atoms with van der Waals surface area (Å²) in [6.07, 6.45) is 15.9. The third kappa shape index (κ3) is 5.88. The van der Waals surface area contributed by atoms with Crippen LogP contribution in [0.2, 0.25) is 0 Å². The van der Waals surface area contributed by atoms with Gasteiger partial charge in [-0.1, -0.05) is 11.6 Å². The highest BCUT2D eigenvalue weighted by Gasteiger charge is 2.13. The Labute approximate surface area is 160 Å². The summed E-state index contributed by atoms with van der Waals surface area (Å²) in [5.74, 6) is 0.505. The van der Waals surface area contributed by atoms with Crippen LogP contribution in [0, 0.1) is 0 Å². The summed E-state index contributed by atoms with van der Waals surface area (Å²) < 4.78 is 0. The van der Waals surface area contributed by atoms with E-state index in [0.29, 0.717) is 18.1 Å². The van der Waals surface area contributed by atoms with Crippen LogP contribution in [-0.2, 0) is 6.42 Å². The Morgan fingerprint density at radius 2 is 1.93 bits per heavy atom. The Hall–Kier alpha value is -2.76. The van der Waals surface area contributed by atoms with Gasteiger partial charge in [0.25, 0.3) is 5.91 Å². The van der Waals surface area contributed by atoms with Gasteiger partial charge in [0.05, 0.1) is 5.56 Å². The van der Waals surface area contributed by atoms with Gasteiger partial charge in [0.15, 0.2) is 0 Å². The van der Waals surface area contributed by atoms with Crippen LogP contribution in [0.15, 0.2) is 48.6 Å². The fourth-order valence-corrected chi connectivity index (χ4v) is 3.16. The van der Waals surface area contributed by atoms with Gasteiger partial charge in [0, 0.05) is 44.9 Å². The molecular formula is C21H27N5O. The number of allylic oxidation sites excluding steroid dienone is 1. The number of nitrogens with zero attached hydrogens (tertiary/aromatic N) is 4. The summed E-state index contributed by atoms with van der Waals surface area (Å²) in [6, 6.07) is 3.93. The van der Waals surface area contributed by atoms with Gasteiger partial charge in [-0.05, 0) is 56.2 Å². The van der Waals surface area contributed by atoms with Crippen molar-refractivity contribution in [1.82, 2.24) is 19.9 Å². The molecule has 6 nitrogen and oxygen atoms in total. The molecule has 2 heterocycles. The van der Waals surface area contributed by atoms with E-state index in [2.05, 4.69) is 26.3 Å². The van der Waals surface area contributed by atoms with Crippen LogP contribution in [0.1, 0.15) is 48.0 Å². The molecule has 0 saturated carbocycles. The molecule has 0 aliphatic heterocycles. The number of aromatic nitrogens is 3. The van der Waals surface area contributed by atoms with Gasteiger partial charge in [0.2, 0.25) is 5.95 Å². The molecule has 0 spiro atoms. The maximum absolute atomic E-state index is 12.5. The van der Waals surface area contributed by atoms with Gasteiger partial charge in [-0.3, -0.25) is 9.78 Å². The maximum Gasteiger partial charge on any atom is 0.256 e. The Balaban J connectivity index is 1.45. The lowest BCUT2D eigenvalue weighted by atomic mass is 9.97. The van der Waals surface area contributed by atoms with Crippen molar-refractivity contribution < 1.29 is 4.79 Å². The standard InChI is InChI=1S/C21H27N5O/c1-26(14-10-18-7-11-22-12-8-18)20(27)19-15-24-21(25-16-19)23-13-9-17-5-3-2-4-6-17/h5,7-8,11-12,15-16H,2-4,6,9-10,13-14H2,1H3,(H,23,24,25). The molecule has 0 aromatic carbocycles. The molecule has 1 aliphatic rings. The van der Waals surface area contributed by atoms with Crippen LogP contribution in [0.4, 0.5) is 5.95 Å². The van der Waals surface area contributed by atoms with Crippen molar-refractivity contribution in [2.75, 3.05) is 25.5 Å². The number of anilines is 1. The lowest BCUT2D eigenvalue weighted by Crippen LogP contribution is -2.29. The summed E-state index contributed by atoms with van der Waals surface area (Å²) in [7, 11) is 1.80. The second kappa shape index (κ2) is 9.80. The molecule has 2 aromatic rings. The number of hydrogen-bond donors (Lipinski definition) is 1. The number of carbonyl (C=O) groups is 1. The second-order valence-corrected chi connectivity index (χ2v) is 6.91.